The van der Waals surface area contributed by atoms with E-state index in [1.54, 1.807) is 36.4 Å². The number of nitro groups is 1. The molecule has 4 rings (SSSR count). The van der Waals surface area contributed by atoms with Gasteiger partial charge in [0.1, 0.15) is 10.8 Å². The number of halogens is 2. The molecule has 0 amide bonds. The second-order valence-corrected chi connectivity index (χ2v) is 8.22. The van der Waals surface area contributed by atoms with Crippen LogP contribution in [0.4, 0.5) is 10.5 Å². The summed E-state index contributed by atoms with van der Waals surface area (Å²) in [6.45, 7) is 0. The van der Waals surface area contributed by atoms with Gasteiger partial charge >= 0.3 is 6.16 Å². The maximum absolute atomic E-state index is 11.4. The number of rotatable bonds is 5. The number of para-hydroxylation sites is 1. The van der Waals surface area contributed by atoms with Gasteiger partial charge in [0.25, 0.3) is 5.69 Å². The lowest BCUT2D eigenvalue weighted by molar-refractivity contribution is -0.384. The van der Waals surface area contributed by atoms with Gasteiger partial charge in [-0.05, 0) is 36.4 Å². The van der Waals surface area contributed by atoms with E-state index >= 15 is 0 Å². The second-order valence-electron chi connectivity index (χ2n) is 6.52. The molecule has 0 bridgehead atoms. The van der Waals surface area contributed by atoms with E-state index in [0.717, 1.165) is 0 Å². The summed E-state index contributed by atoms with van der Waals surface area (Å²) in [6.07, 6.45) is -1.53. The molecule has 7 nitrogen and oxygen atoms in total. The average molecular weight is 487 g/mol. The molecule has 1 aromatic heterocycles. The lowest BCUT2D eigenvalue weighted by Gasteiger charge is -2.10. The Morgan fingerprint density at radius 1 is 1.03 bits per heavy atom. The molecule has 0 unspecified atom stereocenters. The van der Waals surface area contributed by atoms with Crippen LogP contribution in [-0.2, 0) is 0 Å². The molecule has 0 aliphatic rings. The molecule has 3 aromatic carbocycles. The molecule has 0 aliphatic heterocycles. The highest BCUT2D eigenvalue weighted by molar-refractivity contribution is 7.13. The molecule has 32 heavy (non-hydrogen) atoms. The molecule has 0 aliphatic carbocycles. The van der Waals surface area contributed by atoms with Crippen molar-refractivity contribution < 1.29 is 19.6 Å². The first-order valence-corrected chi connectivity index (χ1v) is 10.7. The van der Waals surface area contributed by atoms with E-state index in [-0.39, 0.29) is 22.6 Å². The van der Waals surface area contributed by atoms with E-state index < -0.39 is 11.1 Å². The van der Waals surface area contributed by atoms with Gasteiger partial charge in [-0.2, -0.15) is 0 Å². The van der Waals surface area contributed by atoms with E-state index in [4.69, 9.17) is 27.9 Å². The highest BCUT2D eigenvalue weighted by atomic mass is 35.5. The molecule has 1 heterocycles. The normalized spacial score (nSPS) is 10.7. The van der Waals surface area contributed by atoms with E-state index in [1.807, 2.05) is 5.38 Å². The SMILES string of the molecule is O=C(O)Oc1cc(-c2nc(-c3ccc(Cl)cc3Cl)cs2)ccc1-c1ccccc1[N+](=O)[O-]. The zero-order chi connectivity index (χ0) is 22.8. The summed E-state index contributed by atoms with van der Waals surface area (Å²) in [5.74, 6) is -0.0365. The smallest absolute Gasteiger partial charge is 0.449 e. The van der Waals surface area contributed by atoms with Crippen molar-refractivity contribution in [2.24, 2.45) is 0 Å². The Balaban J connectivity index is 1.78. The van der Waals surface area contributed by atoms with Gasteiger partial charge in [-0.15, -0.1) is 11.3 Å². The summed E-state index contributed by atoms with van der Waals surface area (Å²) in [5, 5.41) is 24.0. The molecule has 4 aromatic rings. The van der Waals surface area contributed by atoms with Crippen molar-refractivity contribution >= 4 is 46.4 Å². The number of nitrogens with zero attached hydrogens (tertiary/aromatic N) is 2. The van der Waals surface area contributed by atoms with Gasteiger partial charge in [0.05, 0.1) is 21.2 Å². The minimum Gasteiger partial charge on any atom is -0.449 e. The number of nitro benzene ring substituents is 1. The summed E-state index contributed by atoms with van der Waals surface area (Å²) in [6, 6.07) is 15.9. The van der Waals surface area contributed by atoms with Crippen molar-refractivity contribution in [2.75, 3.05) is 0 Å². The highest BCUT2D eigenvalue weighted by Crippen LogP contribution is 2.40. The topological polar surface area (TPSA) is 103 Å². The van der Waals surface area contributed by atoms with Crippen molar-refractivity contribution in [3.63, 3.8) is 0 Å². The number of carboxylic acid groups (broad SMARTS) is 1. The minimum atomic E-state index is -1.53. The second kappa shape index (κ2) is 8.96. The zero-order valence-corrected chi connectivity index (χ0v) is 18.3. The number of carbonyl (C=O) groups is 1. The van der Waals surface area contributed by atoms with Gasteiger partial charge in [0.2, 0.25) is 0 Å². The van der Waals surface area contributed by atoms with Crippen molar-refractivity contribution in [2.45, 2.75) is 0 Å². The van der Waals surface area contributed by atoms with E-state index in [2.05, 4.69) is 4.98 Å². The first-order chi connectivity index (χ1) is 15.3. The summed E-state index contributed by atoms with van der Waals surface area (Å²) < 4.78 is 4.96. The Morgan fingerprint density at radius 2 is 1.78 bits per heavy atom. The van der Waals surface area contributed by atoms with Gasteiger partial charge in [-0.1, -0.05) is 41.4 Å². The Morgan fingerprint density at radius 3 is 2.50 bits per heavy atom. The number of hydrogen-bond donors (Lipinski definition) is 1. The molecular formula is C22H12Cl2N2O5S. The standard InChI is InChI=1S/C22H12Cl2N2O5S/c23-13-6-8-16(17(24)10-13)18-11-32-21(25-18)12-5-7-15(20(9-12)31-22(27)28)14-3-1-2-4-19(14)26(29)30/h1-11H,(H,27,28). The van der Waals surface area contributed by atoms with Crippen LogP contribution in [0.25, 0.3) is 33.0 Å². The molecular weight excluding hydrogens is 475 g/mol. The number of benzene rings is 3. The van der Waals surface area contributed by atoms with Crippen LogP contribution in [-0.4, -0.2) is 21.2 Å². The van der Waals surface area contributed by atoms with E-state index in [1.165, 1.54) is 35.6 Å². The molecule has 0 saturated carbocycles. The molecule has 10 heteroatoms. The molecule has 160 valence electrons. The van der Waals surface area contributed by atoms with E-state index in [9.17, 15) is 20.0 Å². The van der Waals surface area contributed by atoms with Crippen LogP contribution in [0.2, 0.25) is 10.0 Å². The quantitative estimate of drug-likeness (QED) is 0.136. The lowest BCUT2D eigenvalue weighted by Crippen LogP contribution is -2.05. The maximum Gasteiger partial charge on any atom is 0.511 e. The molecule has 1 N–H and O–H groups in total. The van der Waals surface area contributed by atoms with Crippen LogP contribution in [0.3, 0.4) is 0 Å². The zero-order valence-electron chi connectivity index (χ0n) is 16.0. The van der Waals surface area contributed by atoms with E-state index in [0.29, 0.717) is 31.9 Å². The number of thiazole rings is 1. The van der Waals surface area contributed by atoms with Crippen molar-refractivity contribution in [3.8, 4) is 38.7 Å². The van der Waals surface area contributed by atoms with Crippen molar-refractivity contribution in [1.82, 2.24) is 4.98 Å². The minimum absolute atomic E-state index is 0.0365. The predicted molar refractivity (Wildman–Crippen MR) is 124 cm³/mol. The van der Waals surface area contributed by atoms with Crippen molar-refractivity contribution in [3.05, 3.63) is 86.2 Å². The van der Waals surface area contributed by atoms with Crippen LogP contribution in [0.1, 0.15) is 0 Å². The molecule has 0 atom stereocenters. The van der Waals surface area contributed by atoms with Crippen LogP contribution in [0.15, 0.2) is 66.0 Å². The Kier molecular flexibility index (Phi) is 6.09. The maximum atomic E-state index is 11.4. The summed E-state index contributed by atoms with van der Waals surface area (Å²) >= 11 is 13.6. The predicted octanol–water partition coefficient (Wildman–Crippen LogP) is 7.42. The summed E-state index contributed by atoms with van der Waals surface area (Å²) in [7, 11) is 0. The fourth-order valence-corrected chi connectivity index (χ4v) is 4.47. The number of aromatic nitrogens is 1. The monoisotopic (exact) mass is 486 g/mol. The average Bonchev–Trinajstić information content (AvgIpc) is 3.23. The fourth-order valence-electron chi connectivity index (χ4n) is 3.14. The van der Waals surface area contributed by atoms with Crippen LogP contribution in [0.5, 0.6) is 5.75 Å². The number of hydrogen-bond acceptors (Lipinski definition) is 6. The third kappa shape index (κ3) is 4.43. The first-order valence-electron chi connectivity index (χ1n) is 9.03. The fraction of sp³-hybridized carbons (Fsp3) is 0. The van der Waals surface area contributed by atoms with Crippen LogP contribution in [0, 0.1) is 10.1 Å². The largest absolute Gasteiger partial charge is 0.511 e. The van der Waals surface area contributed by atoms with Gasteiger partial charge in [0.15, 0.2) is 0 Å². The summed E-state index contributed by atoms with van der Waals surface area (Å²) in [5.41, 5.74) is 2.29. The summed E-state index contributed by atoms with van der Waals surface area (Å²) in [4.78, 5) is 26.8. The molecule has 0 spiro atoms. The molecule has 0 saturated heterocycles. The highest BCUT2D eigenvalue weighted by Gasteiger charge is 2.20. The van der Waals surface area contributed by atoms with Crippen LogP contribution < -0.4 is 4.74 Å². The molecule has 0 fully saturated rings. The number of ether oxygens (including phenoxy) is 1. The van der Waals surface area contributed by atoms with Crippen LogP contribution >= 0.6 is 34.5 Å². The van der Waals surface area contributed by atoms with Gasteiger partial charge < -0.3 is 9.84 Å². The Bertz CT molecular complexity index is 1360. The Labute approximate surface area is 195 Å². The van der Waals surface area contributed by atoms with Gasteiger partial charge in [-0.25, -0.2) is 9.78 Å². The Hall–Kier alpha value is -3.46. The third-order valence-corrected chi connectivity index (χ3v) is 5.97. The van der Waals surface area contributed by atoms with Crippen molar-refractivity contribution in [1.29, 1.82) is 0 Å². The first kappa shape index (κ1) is 21.8. The lowest BCUT2D eigenvalue weighted by atomic mass is 10.0. The van der Waals surface area contributed by atoms with Gasteiger partial charge in [0, 0.05) is 33.2 Å². The third-order valence-electron chi connectivity index (χ3n) is 4.53. The molecule has 0 radical (unpaired) electrons. The van der Waals surface area contributed by atoms with Gasteiger partial charge in [-0.3, -0.25) is 10.1 Å².